The average Bonchev–Trinajstić information content (AvgIpc) is 2.26. The number of hydrogen-bond acceptors (Lipinski definition) is 3. The SMILES string of the molecule is CNc1nccc(C(=O)NC(C)CC(F)(F)F)c1F. The van der Waals surface area contributed by atoms with E-state index in [0.717, 1.165) is 6.07 Å². The van der Waals surface area contributed by atoms with Crippen molar-refractivity contribution >= 4 is 11.7 Å². The van der Waals surface area contributed by atoms with E-state index in [2.05, 4.69) is 15.6 Å². The molecule has 0 aliphatic carbocycles. The summed E-state index contributed by atoms with van der Waals surface area (Å²) >= 11 is 0. The van der Waals surface area contributed by atoms with Gasteiger partial charge in [-0.05, 0) is 13.0 Å². The molecule has 4 nitrogen and oxygen atoms in total. The van der Waals surface area contributed by atoms with Gasteiger partial charge in [0, 0.05) is 19.3 Å². The third-order valence-electron chi connectivity index (χ3n) is 2.29. The predicted molar refractivity (Wildman–Crippen MR) is 61.3 cm³/mol. The van der Waals surface area contributed by atoms with Gasteiger partial charge in [0.15, 0.2) is 11.6 Å². The van der Waals surface area contributed by atoms with Crippen molar-refractivity contribution in [2.75, 3.05) is 12.4 Å². The minimum Gasteiger partial charge on any atom is -0.371 e. The fourth-order valence-corrected chi connectivity index (χ4v) is 1.49. The van der Waals surface area contributed by atoms with Gasteiger partial charge in [-0.3, -0.25) is 4.79 Å². The van der Waals surface area contributed by atoms with Crippen LogP contribution in [0.2, 0.25) is 0 Å². The maximum absolute atomic E-state index is 13.7. The third-order valence-corrected chi connectivity index (χ3v) is 2.29. The predicted octanol–water partition coefficient (Wildman–Crippen LogP) is 2.33. The summed E-state index contributed by atoms with van der Waals surface area (Å²) in [5, 5.41) is 4.53. The van der Waals surface area contributed by atoms with Crippen molar-refractivity contribution in [2.24, 2.45) is 0 Å². The summed E-state index contributed by atoms with van der Waals surface area (Å²) in [6, 6.07) is -0.0377. The number of nitrogens with zero attached hydrogens (tertiary/aromatic N) is 1. The fraction of sp³-hybridized carbons (Fsp3) is 0.455. The molecule has 1 aromatic heterocycles. The monoisotopic (exact) mass is 279 g/mol. The van der Waals surface area contributed by atoms with Gasteiger partial charge in [-0.15, -0.1) is 0 Å². The van der Waals surface area contributed by atoms with Crippen LogP contribution >= 0.6 is 0 Å². The summed E-state index contributed by atoms with van der Waals surface area (Å²) in [6.45, 7) is 1.20. The van der Waals surface area contributed by atoms with Crippen molar-refractivity contribution in [1.29, 1.82) is 0 Å². The molecule has 0 aliphatic heterocycles. The largest absolute Gasteiger partial charge is 0.391 e. The summed E-state index contributed by atoms with van der Waals surface area (Å²) in [7, 11) is 1.42. The highest BCUT2D eigenvalue weighted by molar-refractivity contribution is 5.95. The first-order valence-corrected chi connectivity index (χ1v) is 5.44. The van der Waals surface area contributed by atoms with Crippen molar-refractivity contribution in [1.82, 2.24) is 10.3 Å². The summed E-state index contributed by atoms with van der Waals surface area (Å²) < 4.78 is 50.0. The number of anilines is 1. The number of rotatable bonds is 4. The Labute approximate surface area is 107 Å². The van der Waals surface area contributed by atoms with Gasteiger partial charge in [0.2, 0.25) is 0 Å². The molecule has 0 bridgehead atoms. The van der Waals surface area contributed by atoms with E-state index in [0.29, 0.717) is 0 Å². The number of alkyl halides is 3. The molecule has 0 saturated carbocycles. The third kappa shape index (κ3) is 4.38. The number of carbonyl (C=O) groups excluding carboxylic acids is 1. The zero-order valence-electron chi connectivity index (χ0n) is 10.3. The van der Waals surface area contributed by atoms with Crippen LogP contribution in [0.5, 0.6) is 0 Å². The van der Waals surface area contributed by atoms with E-state index in [-0.39, 0.29) is 11.4 Å². The second-order valence-corrected chi connectivity index (χ2v) is 3.96. The van der Waals surface area contributed by atoms with E-state index in [9.17, 15) is 22.4 Å². The van der Waals surface area contributed by atoms with Gasteiger partial charge < -0.3 is 10.6 Å². The van der Waals surface area contributed by atoms with Gasteiger partial charge >= 0.3 is 6.18 Å². The van der Waals surface area contributed by atoms with Crippen LogP contribution in [0.25, 0.3) is 0 Å². The number of hydrogen-bond donors (Lipinski definition) is 2. The number of pyridine rings is 1. The Hall–Kier alpha value is -1.86. The maximum Gasteiger partial charge on any atom is 0.391 e. The second kappa shape index (κ2) is 5.85. The van der Waals surface area contributed by atoms with Crippen molar-refractivity contribution in [2.45, 2.75) is 25.6 Å². The zero-order chi connectivity index (χ0) is 14.6. The minimum absolute atomic E-state index is 0.142. The quantitative estimate of drug-likeness (QED) is 0.832. The smallest absolute Gasteiger partial charge is 0.371 e. The molecule has 1 atom stereocenters. The van der Waals surface area contributed by atoms with Gasteiger partial charge in [0.25, 0.3) is 5.91 Å². The maximum atomic E-state index is 13.7. The zero-order valence-corrected chi connectivity index (χ0v) is 10.3. The van der Waals surface area contributed by atoms with Crippen LogP contribution in [0.15, 0.2) is 12.3 Å². The van der Waals surface area contributed by atoms with E-state index in [1.165, 1.54) is 20.2 Å². The van der Waals surface area contributed by atoms with Crippen molar-refractivity contribution < 1.29 is 22.4 Å². The van der Waals surface area contributed by atoms with Crippen molar-refractivity contribution in [3.8, 4) is 0 Å². The second-order valence-electron chi connectivity index (χ2n) is 3.96. The Kier molecular flexibility index (Phi) is 4.68. The van der Waals surface area contributed by atoms with Crippen LogP contribution in [0.4, 0.5) is 23.4 Å². The molecule has 1 unspecified atom stereocenters. The van der Waals surface area contributed by atoms with Crippen LogP contribution in [-0.4, -0.2) is 30.2 Å². The molecule has 0 aliphatic rings. The average molecular weight is 279 g/mol. The van der Waals surface area contributed by atoms with Gasteiger partial charge in [-0.1, -0.05) is 0 Å². The standard InChI is InChI=1S/C11H13F4N3O/c1-6(5-11(13,14)15)18-10(19)7-3-4-17-9(16-2)8(7)12/h3-4,6H,5H2,1-2H3,(H,16,17)(H,18,19). The van der Waals surface area contributed by atoms with Crippen LogP contribution in [0, 0.1) is 5.82 Å². The molecule has 106 valence electrons. The molecule has 19 heavy (non-hydrogen) atoms. The number of halogens is 4. The molecular weight excluding hydrogens is 266 g/mol. The summed E-state index contributed by atoms with van der Waals surface area (Å²) in [5.41, 5.74) is -0.353. The van der Waals surface area contributed by atoms with Gasteiger partial charge in [-0.25, -0.2) is 9.37 Å². The number of aromatic nitrogens is 1. The molecule has 8 heteroatoms. The summed E-state index contributed by atoms with van der Waals surface area (Å²) in [4.78, 5) is 15.3. The van der Waals surface area contributed by atoms with Crippen LogP contribution in [-0.2, 0) is 0 Å². The molecule has 0 aromatic carbocycles. The van der Waals surface area contributed by atoms with Crippen molar-refractivity contribution in [3.63, 3.8) is 0 Å². The lowest BCUT2D eigenvalue weighted by atomic mass is 10.2. The molecule has 1 amide bonds. The molecular formula is C11H13F4N3O. The minimum atomic E-state index is -4.39. The first kappa shape index (κ1) is 15.2. The molecule has 1 aromatic rings. The van der Waals surface area contributed by atoms with Crippen molar-refractivity contribution in [3.05, 3.63) is 23.6 Å². The highest BCUT2D eigenvalue weighted by atomic mass is 19.4. The Morgan fingerprint density at radius 2 is 2.11 bits per heavy atom. The summed E-state index contributed by atoms with van der Waals surface area (Å²) in [5.74, 6) is -1.95. The Morgan fingerprint density at radius 1 is 1.47 bits per heavy atom. The molecule has 2 N–H and O–H groups in total. The topological polar surface area (TPSA) is 54.0 Å². The molecule has 0 saturated heterocycles. The molecule has 0 radical (unpaired) electrons. The van der Waals surface area contributed by atoms with Gasteiger partial charge in [-0.2, -0.15) is 13.2 Å². The Bertz CT molecular complexity index is 462. The van der Waals surface area contributed by atoms with E-state index >= 15 is 0 Å². The molecule has 1 rings (SSSR count). The normalized spacial score (nSPS) is 12.9. The number of amides is 1. The van der Waals surface area contributed by atoms with Crippen LogP contribution in [0.1, 0.15) is 23.7 Å². The lowest BCUT2D eigenvalue weighted by Crippen LogP contribution is -2.36. The number of carbonyl (C=O) groups is 1. The summed E-state index contributed by atoms with van der Waals surface area (Å²) in [6.07, 6.45) is -4.37. The van der Waals surface area contributed by atoms with E-state index in [4.69, 9.17) is 0 Å². The Morgan fingerprint density at radius 3 is 2.63 bits per heavy atom. The van der Waals surface area contributed by atoms with E-state index < -0.39 is 30.4 Å². The van der Waals surface area contributed by atoms with E-state index in [1.54, 1.807) is 0 Å². The van der Waals surface area contributed by atoms with Gasteiger partial charge in [0.05, 0.1) is 12.0 Å². The van der Waals surface area contributed by atoms with Crippen LogP contribution in [0.3, 0.4) is 0 Å². The van der Waals surface area contributed by atoms with E-state index in [1.807, 2.05) is 0 Å². The van der Waals surface area contributed by atoms with Crippen LogP contribution < -0.4 is 10.6 Å². The van der Waals surface area contributed by atoms with Gasteiger partial charge in [0.1, 0.15) is 0 Å². The Balaban J connectivity index is 2.79. The highest BCUT2D eigenvalue weighted by Crippen LogP contribution is 2.22. The highest BCUT2D eigenvalue weighted by Gasteiger charge is 2.31. The molecule has 0 fully saturated rings. The lowest BCUT2D eigenvalue weighted by molar-refractivity contribution is -0.138. The fourth-order valence-electron chi connectivity index (χ4n) is 1.49. The first-order chi connectivity index (χ1) is 8.74. The number of nitrogens with one attached hydrogen (secondary N) is 2. The molecule has 1 heterocycles. The lowest BCUT2D eigenvalue weighted by Gasteiger charge is -2.16. The first-order valence-electron chi connectivity index (χ1n) is 5.44. The molecule has 0 spiro atoms.